The molecule has 1 N–H and O–H groups in total. The van der Waals surface area contributed by atoms with Crippen LogP contribution in [0.2, 0.25) is 0 Å². The number of aryl methyl sites for hydroxylation is 2. The summed E-state index contributed by atoms with van der Waals surface area (Å²) in [6.45, 7) is 5.59. The summed E-state index contributed by atoms with van der Waals surface area (Å²) < 4.78 is 0. The van der Waals surface area contributed by atoms with E-state index in [0.29, 0.717) is 6.04 Å². The molecule has 1 aromatic rings. The average molecular weight is 203 g/mol. The first-order valence-corrected chi connectivity index (χ1v) is 6.05. The van der Waals surface area contributed by atoms with Gasteiger partial charge < -0.3 is 5.32 Å². The Morgan fingerprint density at radius 3 is 2.80 bits per heavy atom. The summed E-state index contributed by atoms with van der Waals surface area (Å²) in [6.07, 6.45) is 5.28. The molecule has 1 nitrogen and oxygen atoms in total. The van der Waals surface area contributed by atoms with Crippen LogP contribution in [0.5, 0.6) is 0 Å². The second kappa shape index (κ2) is 4.80. The van der Waals surface area contributed by atoms with Gasteiger partial charge in [0.1, 0.15) is 0 Å². The lowest BCUT2D eigenvalue weighted by molar-refractivity contribution is 0.399. The number of rotatable bonds is 2. The molecule has 1 fully saturated rings. The van der Waals surface area contributed by atoms with E-state index in [4.69, 9.17) is 0 Å². The van der Waals surface area contributed by atoms with Crippen molar-refractivity contribution >= 4 is 0 Å². The third-order valence-electron chi connectivity index (χ3n) is 3.38. The summed E-state index contributed by atoms with van der Waals surface area (Å²) in [4.78, 5) is 0. The Morgan fingerprint density at radius 1 is 1.27 bits per heavy atom. The Labute approximate surface area is 92.9 Å². The highest BCUT2D eigenvalue weighted by atomic mass is 14.9. The van der Waals surface area contributed by atoms with E-state index < -0.39 is 0 Å². The second-order valence-corrected chi connectivity index (χ2v) is 4.78. The van der Waals surface area contributed by atoms with Crippen LogP contribution in [0, 0.1) is 13.8 Å². The Kier molecular flexibility index (Phi) is 3.42. The van der Waals surface area contributed by atoms with Crippen LogP contribution in [-0.4, -0.2) is 12.6 Å². The Bertz CT molecular complexity index is 324. The fraction of sp³-hybridized carbons (Fsp3) is 0.571. The van der Waals surface area contributed by atoms with Crippen LogP contribution in [0.25, 0.3) is 0 Å². The van der Waals surface area contributed by atoms with Crippen LogP contribution in [-0.2, 0) is 6.42 Å². The third kappa shape index (κ3) is 2.82. The summed E-state index contributed by atoms with van der Waals surface area (Å²) in [7, 11) is 0. The molecule has 0 aliphatic carbocycles. The van der Waals surface area contributed by atoms with Gasteiger partial charge in [-0.2, -0.15) is 0 Å². The molecule has 1 heteroatoms. The van der Waals surface area contributed by atoms with Gasteiger partial charge in [-0.05, 0) is 50.8 Å². The van der Waals surface area contributed by atoms with E-state index in [0.717, 1.165) is 0 Å². The number of hydrogen-bond acceptors (Lipinski definition) is 1. The highest BCUT2D eigenvalue weighted by molar-refractivity contribution is 5.31. The van der Waals surface area contributed by atoms with Gasteiger partial charge in [0, 0.05) is 6.04 Å². The van der Waals surface area contributed by atoms with E-state index in [1.807, 2.05) is 0 Å². The van der Waals surface area contributed by atoms with Gasteiger partial charge in [-0.15, -0.1) is 0 Å². The zero-order chi connectivity index (χ0) is 10.7. The maximum atomic E-state index is 3.61. The molecule has 0 amide bonds. The molecule has 1 aromatic carbocycles. The number of piperidine rings is 1. The number of hydrogen-bond donors (Lipinski definition) is 1. The average Bonchev–Trinajstić information content (AvgIpc) is 2.24. The van der Waals surface area contributed by atoms with Gasteiger partial charge in [-0.3, -0.25) is 0 Å². The lowest BCUT2D eigenvalue weighted by atomic mass is 9.94. The monoisotopic (exact) mass is 203 g/mol. The van der Waals surface area contributed by atoms with Crippen molar-refractivity contribution < 1.29 is 0 Å². The van der Waals surface area contributed by atoms with E-state index in [2.05, 4.69) is 37.4 Å². The van der Waals surface area contributed by atoms with Crippen molar-refractivity contribution in [2.45, 2.75) is 45.6 Å². The van der Waals surface area contributed by atoms with E-state index in [-0.39, 0.29) is 0 Å². The van der Waals surface area contributed by atoms with Gasteiger partial charge in [-0.25, -0.2) is 0 Å². The lowest BCUT2D eigenvalue weighted by Gasteiger charge is -2.24. The third-order valence-corrected chi connectivity index (χ3v) is 3.38. The van der Waals surface area contributed by atoms with Crippen LogP contribution < -0.4 is 5.32 Å². The normalized spacial score (nSPS) is 21.6. The van der Waals surface area contributed by atoms with Gasteiger partial charge in [-0.1, -0.05) is 30.2 Å². The van der Waals surface area contributed by atoms with Crippen LogP contribution in [0.1, 0.15) is 36.0 Å². The van der Waals surface area contributed by atoms with Gasteiger partial charge in [0.15, 0.2) is 0 Å². The van der Waals surface area contributed by atoms with Crippen molar-refractivity contribution in [3.05, 3.63) is 34.9 Å². The molecular formula is C14H21N. The highest BCUT2D eigenvalue weighted by Crippen LogP contribution is 2.16. The van der Waals surface area contributed by atoms with Crippen molar-refractivity contribution in [2.24, 2.45) is 0 Å². The minimum atomic E-state index is 0.708. The zero-order valence-corrected chi connectivity index (χ0v) is 9.84. The fourth-order valence-corrected chi connectivity index (χ4v) is 2.44. The maximum Gasteiger partial charge on any atom is 0.0108 e. The van der Waals surface area contributed by atoms with Crippen LogP contribution in [0.15, 0.2) is 18.2 Å². The minimum absolute atomic E-state index is 0.708. The molecule has 0 radical (unpaired) electrons. The molecule has 1 aliphatic rings. The van der Waals surface area contributed by atoms with Crippen molar-refractivity contribution in [3.8, 4) is 0 Å². The molecule has 0 spiro atoms. The molecule has 15 heavy (non-hydrogen) atoms. The highest BCUT2D eigenvalue weighted by Gasteiger charge is 2.13. The van der Waals surface area contributed by atoms with Gasteiger partial charge in [0.25, 0.3) is 0 Å². The van der Waals surface area contributed by atoms with E-state index >= 15 is 0 Å². The Hall–Kier alpha value is -0.820. The second-order valence-electron chi connectivity index (χ2n) is 4.78. The fourth-order valence-electron chi connectivity index (χ4n) is 2.44. The van der Waals surface area contributed by atoms with E-state index in [9.17, 15) is 0 Å². The summed E-state index contributed by atoms with van der Waals surface area (Å²) in [6, 6.07) is 7.52. The van der Waals surface area contributed by atoms with Crippen molar-refractivity contribution in [2.75, 3.05) is 6.54 Å². The summed E-state index contributed by atoms with van der Waals surface area (Å²) >= 11 is 0. The predicted molar refractivity (Wildman–Crippen MR) is 65.3 cm³/mol. The first kappa shape index (κ1) is 10.7. The summed E-state index contributed by atoms with van der Waals surface area (Å²) in [5, 5.41) is 3.61. The maximum absolute atomic E-state index is 3.61. The van der Waals surface area contributed by atoms with Crippen LogP contribution in [0.3, 0.4) is 0 Å². The number of benzene rings is 1. The molecule has 0 aromatic heterocycles. The lowest BCUT2D eigenvalue weighted by Crippen LogP contribution is -2.35. The summed E-state index contributed by atoms with van der Waals surface area (Å²) in [5.74, 6) is 0. The van der Waals surface area contributed by atoms with Crippen molar-refractivity contribution in [3.63, 3.8) is 0 Å². The van der Waals surface area contributed by atoms with Gasteiger partial charge >= 0.3 is 0 Å². The largest absolute Gasteiger partial charge is 0.314 e. The minimum Gasteiger partial charge on any atom is -0.314 e. The Morgan fingerprint density at radius 2 is 2.13 bits per heavy atom. The molecule has 1 unspecified atom stereocenters. The SMILES string of the molecule is Cc1ccc(CC2CCCCN2)c(C)c1. The van der Waals surface area contributed by atoms with Crippen LogP contribution >= 0.6 is 0 Å². The van der Waals surface area contributed by atoms with Crippen molar-refractivity contribution in [1.29, 1.82) is 0 Å². The van der Waals surface area contributed by atoms with Crippen molar-refractivity contribution in [1.82, 2.24) is 5.32 Å². The molecule has 0 saturated carbocycles. The molecule has 1 heterocycles. The van der Waals surface area contributed by atoms with E-state index in [1.165, 1.54) is 48.9 Å². The molecule has 1 atom stereocenters. The topological polar surface area (TPSA) is 12.0 Å². The zero-order valence-electron chi connectivity index (χ0n) is 9.84. The summed E-state index contributed by atoms with van der Waals surface area (Å²) in [5.41, 5.74) is 4.33. The molecule has 2 rings (SSSR count). The van der Waals surface area contributed by atoms with Gasteiger partial charge in [0.05, 0.1) is 0 Å². The van der Waals surface area contributed by atoms with Crippen LogP contribution in [0.4, 0.5) is 0 Å². The van der Waals surface area contributed by atoms with E-state index in [1.54, 1.807) is 0 Å². The number of nitrogens with one attached hydrogen (secondary N) is 1. The standard InChI is InChI=1S/C14H21N/c1-11-6-7-13(12(2)9-11)10-14-5-3-4-8-15-14/h6-7,9,14-15H,3-5,8,10H2,1-2H3. The predicted octanol–water partition coefficient (Wildman–Crippen LogP) is 2.99. The molecule has 0 bridgehead atoms. The smallest absolute Gasteiger partial charge is 0.0108 e. The first-order valence-electron chi connectivity index (χ1n) is 6.05. The quantitative estimate of drug-likeness (QED) is 0.779. The molecule has 82 valence electrons. The first-order chi connectivity index (χ1) is 7.25. The van der Waals surface area contributed by atoms with Gasteiger partial charge in [0.2, 0.25) is 0 Å². The molecular weight excluding hydrogens is 182 g/mol. The molecule has 1 saturated heterocycles. The Balaban J connectivity index is 2.03. The molecule has 1 aliphatic heterocycles.